The van der Waals surface area contributed by atoms with Gasteiger partial charge in [-0.2, -0.15) is 0 Å². The lowest BCUT2D eigenvalue weighted by molar-refractivity contribution is 0.0950. The first-order valence-electron chi connectivity index (χ1n) is 8.25. The van der Waals surface area contributed by atoms with Gasteiger partial charge in [0, 0.05) is 38.1 Å². The molecule has 3 rings (SSSR count). The van der Waals surface area contributed by atoms with Crippen LogP contribution in [-0.4, -0.2) is 51.7 Å². The Balaban J connectivity index is 1.61. The minimum Gasteiger partial charge on any atom is -0.465 e. The van der Waals surface area contributed by atoms with Crippen molar-refractivity contribution in [1.82, 2.24) is 14.9 Å². The molecule has 6 heteroatoms. The van der Waals surface area contributed by atoms with Gasteiger partial charge in [0.2, 0.25) is 5.95 Å². The maximum atomic E-state index is 11.4. The van der Waals surface area contributed by atoms with E-state index in [0.29, 0.717) is 12.5 Å². The summed E-state index contributed by atoms with van der Waals surface area (Å²) in [7, 11) is 0. The summed E-state index contributed by atoms with van der Waals surface area (Å²) in [5, 5.41) is 9.36. The highest BCUT2D eigenvalue weighted by molar-refractivity contribution is 5.65. The third-order valence-corrected chi connectivity index (χ3v) is 4.83. The molecule has 2 unspecified atom stereocenters. The van der Waals surface area contributed by atoms with E-state index in [1.54, 1.807) is 17.3 Å². The van der Waals surface area contributed by atoms with Crippen LogP contribution in [0.5, 0.6) is 0 Å². The van der Waals surface area contributed by atoms with Crippen molar-refractivity contribution in [2.75, 3.05) is 24.5 Å². The van der Waals surface area contributed by atoms with Crippen LogP contribution in [0.2, 0.25) is 0 Å². The quantitative estimate of drug-likeness (QED) is 0.929. The second-order valence-electron chi connectivity index (χ2n) is 6.36. The van der Waals surface area contributed by atoms with Crippen LogP contribution in [0.15, 0.2) is 18.5 Å². The molecule has 0 radical (unpaired) electrons. The molecule has 0 bridgehead atoms. The topological polar surface area (TPSA) is 69.6 Å². The van der Waals surface area contributed by atoms with Crippen LogP contribution in [0.1, 0.15) is 38.5 Å². The maximum Gasteiger partial charge on any atom is 0.407 e. The van der Waals surface area contributed by atoms with Crippen molar-refractivity contribution in [3.63, 3.8) is 0 Å². The smallest absolute Gasteiger partial charge is 0.407 e. The molecule has 2 fully saturated rings. The van der Waals surface area contributed by atoms with Crippen molar-refractivity contribution >= 4 is 12.0 Å². The minimum absolute atomic E-state index is 0.188. The predicted octanol–water partition coefficient (Wildman–Crippen LogP) is 2.62. The molecule has 1 N–H and O–H groups in total. The summed E-state index contributed by atoms with van der Waals surface area (Å²) in [4.78, 5) is 24.0. The van der Waals surface area contributed by atoms with Crippen LogP contribution < -0.4 is 4.90 Å². The van der Waals surface area contributed by atoms with Crippen LogP contribution in [0, 0.1) is 5.92 Å². The maximum absolute atomic E-state index is 11.4. The molecule has 1 amide bonds. The normalized spacial score (nSPS) is 26.0. The van der Waals surface area contributed by atoms with E-state index < -0.39 is 6.09 Å². The largest absolute Gasteiger partial charge is 0.465 e. The monoisotopic (exact) mass is 304 g/mol. The second-order valence-corrected chi connectivity index (χ2v) is 6.36. The molecule has 2 atom stereocenters. The minimum atomic E-state index is -0.760. The molecule has 2 saturated heterocycles. The average Bonchev–Trinajstić information content (AvgIpc) is 2.56. The summed E-state index contributed by atoms with van der Waals surface area (Å²) >= 11 is 0. The second kappa shape index (κ2) is 6.94. The molecule has 6 nitrogen and oxygen atoms in total. The molecule has 0 aromatic carbocycles. The lowest BCUT2D eigenvalue weighted by Crippen LogP contribution is -2.46. The number of carbonyl (C=O) groups is 1. The third-order valence-electron chi connectivity index (χ3n) is 4.83. The number of hydrogen-bond acceptors (Lipinski definition) is 4. The first kappa shape index (κ1) is 15.1. The van der Waals surface area contributed by atoms with Gasteiger partial charge in [-0.05, 0) is 50.5 Å². The standard InChI is InChI=1S/C16H24N4O2/c21-16(22)20-10-2-1-6-14(20)11-13-5-3-9-19(12-13)15-17-7-4-8-18-15/h4,7-8,13-14H,1-3,5-6,9-12H2,(H,21,22). The van der Waals surface area contributed by atoms with Crippen molar-refractivity contribution in [1.29, 1.82) is 0 Å². The van der Waals surface area contributed by atoms with Crippen LogP contribution in [0.4, 0.5) is 10.7 Å². The van der Waals surface area contributed by atoms with E-state index >= 15 is 0 Å². The van der Waals surface area contributed by atoms with Gasteiger partial charge in [0.05, 0.1) is 0 Å². The molecule has 0 aliphatic carbocycles. The Labute approximate surface area is 131 Å². The van der Waals surface area contributed by atoms with E-state index in [9.17, 15) is 9.90 Å². The number of amides is 1. The van der Waals surface area contributed by atoms with Crippen LogP contribution in [0.25, 0.3) is 0 Å². The zero-order chi connectivity index (χ0) is 15.4. The SMILES string of the molecule is O=C(O)N1CCCCC1CC1CCCN(c2ncccn2)C1. The number of likely N-dealkylation sites (tertiary alicyclic amines) is 1. The van der Waals surface area contributed by atoms with Gasteiger partial charge in [-0.3, -0.25) is 0 Å². The molecule has 0 spiro atoms. The summed E-state index contributed by atoms with van der Waals surface area (Å²) in [6.45, 7) is 2.63. The Hall–Kier alpha value is -1.85. The van der Waals surface area contributed by atoms with E-state index in [2.05, 4.69) is 14.9 Å². The molecule has 2 aliphatic rings. The van der Waals surface area contributed by atoms with Crippen molar-refractivity contribution < 1.29 is 9.90 Å². The summed E-state index contributed by atoms with van der Waals surface area (Å²) in [6.07, 6.45) is 9.21. The Morgan fingerprint density at radius 1 is 1.18 bits per heavy atom. The van der Waals surface area contributed by atoms with E-state index in [1.165, 1.54) is 6.42 Å². The van der Waals surface area contributed by atoms with Gasteiger partial charge < -0.3 is 14.9 Å². The Kier molecular flexibility index (Phi) is 4.75. The molecule has 22 heavy (non-hydrogen) atoms. The predicted molar refractivity (Wildman–Crippen MR) is 84.0 cm³/mol. The highest BCUT2D eigenvalue weighted by Crippen LogP contribution is 2.28. The lowest BCUT2D eigenvalue weighted by Gasteiger charge is -2.39. The van der Waals surface area contributed by atoms with Crippen molar-refractivity contribution in [2.24, 2.45) is 5.92 Å². The summed E-state index contributed by atoms with van der Waals surface area (Å²) in [6, 6.07) is 2.02. The molecule has 0 saturated carbocycles. The van der Waals surface area contributed by atoms with Crippen molar-refractivity contribution in [2.45, 2.75) is 44.6 Å². The fraction of sp³-hybridized carbons (Fsp3) is 0.688. The molecular weight excluding hydrogens is 280 g/mol. The van der Waals surface area contributed by atoms with Crippen molar-refractivity contribution in [3.8, 4) is 0 Å². The van der Waals surface area contributed by atoms with Gasteiger partial charge in [-0.15, -0.1) is 0 Å². The fourth-order valence-electron chi connectivity index (χ4n) is 3.78. The highest BCUT2D eigenvalue weighted by Gasteiger charge is 2.30. The van der Waals surface area contributed by atoms with E-state index in [1.807, 2.05) is 6.07 Å². The number of hydrogen-bond donors (Lipinski definition) is 1. The highest BCUT2D eigenvalue weighted by atomic mass is 16.4. The zero-order valence-corrected chi connectivity index (χ0v) is 12.9. The van der Waals surface area contributed by atoms with Gasteiger partial charge in [-0.1, -0.05) is 0 Å². The molecule has 1 aromatic heterocycles. The number of nitrogens with zero attached hydrogens (tertiary/aromatic N) is 4. The molecule has 120 valence electrons. The number of rotatable bonds is 3. The first-order chi connectivity index (χ1) is 10.7. The average molecular weight is 304 g/mol. The molecule has 3 heterocycles. The molecular formula is C16H24N4O2. The summed E-state index contributed by atoms with van der Waals surface area (Å²) in [5.74, 6) is 1.33. The number of carboxylic acid groups (broad SMARTS) is 1. The number of piperidine rings is 2. The van der Waals surface area contributed by atoms with Gasteiger partial charge in [0.25, 0.3) is 0 Å². The van der Waals surface area contributed by atoms with Gasteiger partial charge in [-0.25, -0.2) is 14.8 Å². The van der Waals surface area contributed by atoms with E-state index in [4.69, 9.17) is 0 Å². The van der Waals surface area contributed by atoms with Gasteiger partial charge in [0.1, 0.15) is 0 Å². The number of aromatic nitrogens is 2. The summed E-state index contributed by atoms with van der Waals surface area (Å²) in [5.41, 5.74) is 0. The number of anilines is 1. The summed E-state index contributed by atoms with van der Waals surface area (Å²) < 4.78 is 0. The fourth-order valence-corrected chi connectivity index (χ4v) is 3.78. The van der Waals surface area contributed by atoms with E-state index in [0.717, 1.165) is 51.1 Å². The zero-order valence-electron chi connectivity index (χ0n) is 12.9. The van der Waals surface area contributed by atoms with Gasteiger partial charge in [0.15, 0.2) is 0 Å². The van der Waals surface area contributed by atoms with Crippen LogP contribution in [-0.2, 0) is 0 Å². The van der Waals surface area contributed by atoms with Gasteiger partial charge >= 0.3 is 6.09 Å². The lowest BCUT2D eigenvalue weighted by atomic mass is 9.87. The molecule has 1 aromatic rings. The van der Waals surface area contributed by atoms with E-state index in [-0.39, 0.29) is 6.04 Å². The Morgan fingerprint density at radius 2 is 2.00 bits per heavy atom. The first-order valence-corrected chi connectivity index (χ1v) is 8.25. The molecule has 2 aliphatic heterocycles. The Morgan fingerprint density at radius 3 is 2.77 bits per heavy atom. The third kappa shape index (κ3) is 3.48. The van der Waals surface area contributed by atoms with Crippen LogP contribution >= 0.6 is 0 Å². The van der Waals surface area contributed by atoms with Crippen molar-refractivity contribution in [3.05, 3.63) is 18.5 Å². The van der Waals surface area contributed by atoms with Crippen LogP contribution in [0.3, 0.4) is 0 Å². The Bertz CT molecular complexity index is 496.